The number of carbonyl (C=O) groups excluding carboxylic acids is 3. The third kappa shape index (κ3) is 4.18. The first-order chi connectivity index (χ1) is 11.8. The van der Waals surface area contributed by atoms with E-state index in [0.29, 0.717) is 14.5 Å². The molecule has 0 aromatic heterocycles. The molecule has 0 saturated carbocycles. The summed E-state index contributed by atoms with van der Waals surface area (Å²) in [6, 6.07) is 1.52. The highest BCUT2D eigenvalue weighted by Crippen LogP contribution is 2.43. The van der Waals surface area contributed by atoms with Crippen LogP contribution in [0.15, 0.2) is 19.9 Å². The average molecular weight is 495 g/mol. The van der Waals surface area contributed by atoms with Gasteiger partial charge in [-0.3, -0.25) is 19.3 Å². The molecule has 2 amide bonds. The Balaban J connectivity index is 2.34. The summed E-state index contributed by atoms with van der Waals surface area (Å²) in [6.07, 6.45) is 1.48. The van der Waals surface area contributed by atoms with E-state index in [2.05, 4.69) is 31.9 Å². The maximum atomic E-state index is 12.4. The molecule has 1 aliphatic rings. The molecular weight excluding hydrogens is 482 g/mol. The number of esters is 1. The van der Waals surface area contributed by atoms with Crippen molar-refractivity contribution in [3.05, 3.63) is 25.5 Å². The Kier molecular flexibility index (Phi) is 6.53. The Hall–Kier alpha value is -1.52. The third-order valence-electron chi connectivity index (χ3n) is 3.15. The fraction of sp³-hybridized carbons (Fsp3) is 0.267. The lowest BCUT2D eigenvalue weighted by Gasteiger charge is -2.11. The topological polar surface area (TPSA) is 93.1 Å². The minimum atomic E-state index is -0.652. The molecule has 1 fully saturated rings. The zero-order valence-electron chi connectivity index (χ0n) is 13.2. The maximum Gasteiger partial charge on any atom is 0.326 e. The number of phenols is 1. The van der Waals surface area contributed by atoms with E-state index in [1.807, 2.05) is 0 Å². The van der Waals surface area contributed by atoms with Gasteiger partial charge < -0.3 is 14.6 Å². The number of benzene rings is 1. The van der Waals surface area contributed by atoms with Crippen LogP contribution < -0.4 is 4.74 Å². The SMILES string of the molecule is CCOC(=O)CN1C(=O)SC(=Cc2cc(OC)c(O)c(Br)c2Br)C1=O. The first-order valence-corrected chi connectivity index (χ1v) is 9.36. The van der Waals surface area contributed by atoms with Crippen molar-refractivity contribution in [1.29, 1.82) is 0 Å². The number of thioether (sulfide) groups is 1. The standard InChI is InChI=1S/C15H13Br2NO6S/c1-3-24-10(19)6-18-14(21)9(25-15(18)22)5-7-4-8(23-2)13(20)12(17)11(7)16/h4-5,20H,3,6H2,1-2H3. The van der Waals surface area contributed by atoms with Gasteiger partial charge in [0, 0.05) is 4.47 Å². The summed E-state index contributed by atoms with van der Waals surface area (Å²) in [5, 5.41) is 9.39. The molecule has 7 nitrogen and oxygen atoms in total. The van der Waals surface area contributed by atoms with Gasteiger partial charge in [-0.05, 0) is 68.3 Å². The molecule has 1 N–H and O–H groups in total. The second kappa shape index (κ2) is 8.24. The molecule has 1 heterocycles. The van der Waals surface area contributed by atoms with Gasteiger partial charge in [0.2, 0.25) is 0 Å². The predicted octanol–water partition coefficient (Wildman–Crippen LogP) is 3.53. The van der Waals surface area contributed by atoms with Gasteiger partial charge in [0.05, 0.1) is 23.1 Å². The van der Waals surface area contributed by atoms with E-state index in [1.54, 1.807) is 6.92 Å². The van der Waals surface area contributed by atoms with E-state index in [4.69, 9.17) is 9.47 Å². The van der Waals surface area contributed by atoms with Gasteiger partial charge >= 0.3 is 5.97 Å². The maximum absolute atomic E-state index is 12.4. The quantitative estimate of drug-likeness (QED) is 0.494. The molecule has 0 spiro atoms. The normalized spacial score (nSPS) is 15.8. The van der Waals surface area contributed by atoms with Gasteiger partial charge in [0.15, 0.2) is 11.5 Å². The van der Waals surface area contributed by atoms with Crippen LogP contribution >= 0.6 is 43.6 Å². The van der Waals surface area contributed by atoms with Crippen molar-refractivity contribution in [2.75, 3.05) is 20.3 Å². The number of imide groups is 1. The number of phenolic OH excluding ortho intramolecular Hbond substituents is 1. The van der Waals surface area contributed by atoms with E-state index in [9.17, 15) is 19.5 Å². The number of carbonyl (C=O) groups is 3. The van der Waals surface area contributed by atoms with Gasteiger partial charge in [-0.2, -0.15) is 0 Å². The summed E-state index contributed by atoms with van der Waals surface area (Å²) in [5.41, 5.74) is 0.517. The number of nitrogens with zero attached hydrogens (tertiary/aromatic N) is 1. The highest BCUT2D eigenvalue weighted by molar-refractivity contribution is 9.13. The number of ether oxygens (including phenoxy) is 2. The zero-order valence-corrected chi connectivity index (χ0v) is 17.2. The van der Waals surface area contributed by atoms with Crippen molar-refractivity contribution in [2.24, 2.45) is 0 Å². The van der Waals surface area contributed by atoms with E-state index in [1.165, 1.54) is 19.3 Å². The van der Waals surface area contributed by atoms with Crippen LogP contribution in [-0.4, -0.2) is 47.4 Å². The van der Waals surface area contributed by atoms with Crippen molar-refractivity contribution in [3.8, 4) is 11.5 Å². The Morgan fingerprint density at radius 3 is 2.64 bits per heavy atom. The monoisotopic (exact) mass is 493 g/mol. The number of amides is 2. The number of rotatable bonds is 5. The zero-order chi connectivity index (χ0) is 18.7. The molecule has 1 aromatic carbocycles. The smallest absolute Gasteiger partial charge is 0.326 e. The lowest BCUT2D eigenvalue weighted by Crippen LogP contribution is -2.34. The molecule has 1 aliphatic heterocycles. The molecule has 0 radical (unpaired) electrons. The first kappa shape index (κ1) is 19.8. The van der Waals surface area contributed by atoms with E-state index in [-0.39, 0.29) is 23.0 Å². The van der Waals surface area contributed by atoms with E-state index < -0.39 is 23.7 Å². The second-order valence-electron chi connectivity index (χ2n) is 4.72. The Bertz CT molecular complexity index is 780. The fourth-order valence-corrected chi connectivity index (χ4v) is 3.66. The molecule has 0 unspecified atom stereocenters. The molecule has 2 rings (SSSR count). The molecule has 1 aromatic rings. The molecule has 0 bridgehead atoms. The van der Waals surface area contributed by atoms with Crippen LogP contribution in [0.1, 0.15) is 12.5 Å². The van der Waals surface area contributed by atoms with Crippen LogP contribution in [0.25, 0.3) is 6.08 Å². The highest BCUT2D eigenvalue weighted by atomic mass is 79.9. The summed E-state index contributed by atoms with van der Waals surface area (Å²) < 4.78 is 10.7. The number of halogens is 2. The number of aromatic hydroxyl groups is 1. The molecule has 1 saturated heterocycles. The number of hydrogen-bond acceptors (Lipinski definition) is 7. The van der Waals surface area contributed by atoms with Crippen LogP contribution in [0.3, 0.4) is 0 Å². The van der Waals surface area contributed by atoms with Crippen LogP contribution in [-0.2, 0) is 14.3 Å². The first-order valence-electron chi connectivity index (χ1n) is 6.96. The minimum absolute atomic E-state index is 0.0954. The summed E-state index contributed by atoms with van der Waals surface area (Å²) in [7, 11) is 1.40. The van der Waals surface area contributed by atoms with Gasteiger partial charge in [0.1, 0.15) is 6.54 Å². The molecular formula is C15H13Br2NO6S. The summed E-state index contributed by atoms with van der Waals surface area (Å²) >= 11 is 7.26. The highest BCUT2D eigenvalue weighted by Gasteiger charge is 2.36. The predicted molar refractivity (Wildman–Crippen MR) is 99.4 cm³/mol. The lowest BCUT2D eigenvalue weighted by atomic mass is 10.2. The Labute approximate surface area is 164 Å². The van der Waals surface area contributed by atoms with E-state index >= 15 is 0 Å². The molecule has 0 aliphatic carbocycles. The Morgan fingerprint density at radius 2 is 2.04 bits per heavy atom. The summed E-state index contributed by atoms with van der Waals surface area (Å²) in [4.78, 5) is 36.9. The average Bonchev–Trinajstić information content (AvgIpc) is 2.83. The van der Waals surface area contributed by atoms with Gasteiger partial charge in [-0.15, -0.1) is 0 Å². The number of hydrogen-bond donors (Lipinski definition) is 1. The molecule has 10 heteroatoms. The molecule has 0 atom stereocenters. The number of methoxy groups -OCH3 is 1. The largest absolute Gasteiger partial charge is 0.503 e. The van der Waals surface area contributed by atoms with Crippen molar-refractivity contribution in [2.45, 2.75) is 6.92 Å². The van der Waals surface area contributed by atoms with E-state index in [0.717, 1.165) is 16.7 Å². The summed E-state index contributed by atoms with van der Waals surface area (Å²) in [6.45, 7) is 1.37. The van der Waals surface area contributed by atoms with Crippen molar-refractivity contribution >= 4 is 66.8 Å². The van der Waals surface area contributed by atoms with Crippen LogP contribution in [0.5, 0.6) is 11.5 Å². The van der Waals surface area contributed by atoms with Gasteiger partial charge in [-0.1, -0.05) is 0 Å². The van der Waals surface area contributed by atoms with Crippen LogP contribution in [0.2, 0.25) is 0 Å². The van der Waals surface area contributed by atoms with Crippen molar-refractivity contribution in [1.82, 2.24) is 4.90 Å². The molecule has 25 heavy (non-hydrogen) atoms. The van der Waals surface area contributed by atoms with Crippen LogP contribution in [0, 0.1) is 0 Å². The summed E-state index contributed by atoms with van der Waals surface area (Å²) in [5.74, 6) is -1.13. The minimum Gasteiger partial charge on any atom is -0.503 e. The van der Waals surface area contributed by atoms with Crippen molar-refractivity contribution < 1.29 is 29.0 Å². The fourth-order valence-electron chi connectivity index (χ4n) is 1.99. The Morgan fingerprint density at radius 1 is 1.36 bits per heavy atom. The van der Waals surface area contributed by atoms with Gasteiger partial charge in [0.25, 0.3) is 11.1 Å². The molecule has 134 valence electrons. The third-order valence-corrected chi connectivity index (χ3v) is 6.21. The second-order valence-corrected chi connectivity index (χ2v) is 7.30. The van der Waals surface area contributed by atoms with Gasteiger partial charge in [-0.25, -0.2) is 0 Å². The van der Waals surface area contributed by atoms with Crippen LogP contribution in [0.4, 0.5) is 4.79 Å². The van der Waals surface area contributed by atoms with Crippen molar-refractivity contribution in [3.63, 3.8) is 0 Å². The lowest BCUT2D eigenvalue weighted by molar-refractivity contribution is -0.145.